The van der Waals surface area contributed by atoms with Gasteiger partial charge in [0.15, 0.2) is 10.8 Å². The number of allylic oxidation sites excluding steroid dienone is 1. The second kappa shape index (κ2) is 8.27. The molecule has 5 rings (SSSR count). The maximum absolute atomic E-state index is 13.8. The SMILES string of the molecule is C[C@@]1(CO)CC2=C(c3ccn(C(F)F)n3)[C@H](c3ccc(F)cc3Cl)N=C(c3nccs3)N2C1. The average Bonchev–Trinajstić information content (AvgIpc) is 3.52. The van der Waals surface area contributed by atoms with Gasteiger partial charge >= 0.3 is 6.55 Å². The van der Waals surface area contributed by atoms with Crippen molar-refractivity contribution in [2.45, 2.75) is 25.9 Å². The molecule has 0 bridgehead atoms. The minimum Gasteiger partial charge on any atom is -0.396 e. The smallest absolute Gasteiger partial charge is 0.333 e. The molecule has 0 radical (unpaired) electrons. The molecular weight excluding hydrogens is 475 g/mol. The molecule has 2 atom stereocenters. The van der Waals surface area contributed by atoms with E-state index in [0.29, 0.717) is 45.3 Å². The molecule has 3 aromatic rings. The van der Waals surface area contributed by atoms with Crippen LogP contribution in [0.2, 0.25) is 5.02 Å². The predicted octanol–water partition coefficient (Wildman–Crippen LogP) is 5.14. The first-order valence-corrected chi connectivity index (χ1v) is 11.4. The average molecular weight is 494 g/mol. The van der Waals surface area contributed by atoms with Crippen molar-refractivity contribution < 1.29 is 18.3 Å². The molecule has 1 saturated heterocycles. The first kappa shape index (κ1) is 22.1. The van der Waals surface area contributed by atoms with Crippen molar-refractivity contribution in [2.75, 3.05) is 13.2 Å². The van der Waals surface area contributed by atoms with Crippen LogP contribution in [0.1, 0.15) is 42.2 Å². The highest BCUT2D eigenvalue weighted by Crippen LogP contribution is 2.49. The van der Waals surface area contributed by atoms with E-state index in [4.69, 9.17) is 16.6 Å². The first-order valence-electron chi connectivity index (χ1n) is 10.2. The number of amidine groups is 1. The summed E-state index contributed by atoms with van der Waals surface area (Å²) in [6, 6.07) is 4.83. The lowest BCUT2D eigenvalue weighted by Gasteiger charge is -2.32. The Balaban J connectivity index is 1.76. The number of alkyl halides is 2. The number of hydrogen-bond acceptors (Lipinski definition) is 6. The predicted molar refractivity (Wildman–Crippen MR) is 120 cm³/mol. The topological polar surface area (TPSA) is 66.5 Å². The lowest BCUT2D eigenvalue weighted by molar-refractivity contribution is 0.0564. The van der Waals surface area contributed by atoms with Crippen molar-refractivity contribution >= 4 is 34.3 Å². The molecule has 2 aliphatic rings. The summed E-state index contributed by atoms with van der Waals surface area (Å²) in [5.74, 6) is 0.106. The van der Waals surface area contributed by atoms with Crippen molar-refractivity contribution in [2.24, 2.45) is 10.4 Å². The quantitative estimate of drug-likeness (QED) is 0.534. The van der Waals surface area contributed by atoms with Crippen molar-refractivity contribution in [3.63, 3.8) is 0 Å². The Bertz CT molecular complexity index is 1260. The third-order valence-electron chi connectivity index (χ3n) is 5.90. The molecule has 1 aromatic carbocycles. The van der Waals surface area contributed by atoms with Gasteiger partial charge in [-0.2, -0.15) is 13.9 Å². The molecule has 0 aliphatic carbocycles. The Morgan fingerprint density at radius 1 is 1.33 bits per heavy atom. The van der Waals surface area contributed by atoms with Gasteiger partial charge in [0.05, 0.1) is 12.3 Å². The summed E-state index contributed by atoms with van der Waals surface area (Å²) in [6.45, 7) is -0.441. The molecule has 6 nitrogen and oxygen atoms in total. The number of aromatic nitrogens is 3. The number of fused-ring (bicyclic) bond motifs is 1. The van der Waals surface area contributed by atoms with Crippen LogP contribution in [0.5, 0.6) is 0 Å². The van der Waals surface area contributed by atoms with Gasteiger partial charge in [0.1, 0.15) is 11.9 Å². The minimum atomic E-state index is -2.79. The van der Waals surface area contributed by atoms with E-state index in [1.165, 1.54) is 35.7 Å². The highest BCUT2D eigenvalue weighted by molar-refractivity contribution is 7.11. The van der Waals surface area contributed by atoms with Gasteiger partial charge in [0, 0.05) is 51.6 Å². The van der Waals surface area contributed by atoms with Crippen LogP contribution in [0, 0.1) is 11.2 Å². The van der Waals surface area contributed by atoms with Gasteiger partial charge in [-0.15, -0.1) is 11.3 Å². The maximum Gasteiger partial charge on any atom is 0.333 e. The van der Waals surface area contributed by atoms with E-state index in [9.17, 15) is 18.3 Å². The van der Waals surface area contributed by atoms with Crippen molar-refractivity contribution in [3.05, 3.63) is 74.8 Å². The number of benzene rings is 1. The van der Waals surface area contributed by atoms with Crippen LogP contribution in [0.15, 0.2) is 52.7 Å². The summed E-state index contributed by atoms with van der Waals surface area (Å²) in [7, 11) is 0. The molecule has 4 heterocycles. The normalized spacial score (nSPS) is 22.8. The second-order valence-electron chi connectivity index (χ2n) is 8.41. The number of nitrogens with zero attached hydrogens (tertiary/aromatic N) is 5. The molecule has 33 heavy (non-hydrogen) atoms. The third kappa shape index (κ3) is 3.85. The van der Waals surface area contributed by atoms with Gasteiger partial charge in [0.2, 0.25) is 0 Å². The zero-order chi connectivity index (χ0) is 23.3. The van der Waals surface area contributed by atoms with Crippen LogP contribution < -0.4 is 0 Å². The van der Waals surface area contributed by atoms with Gasteiger partial charge in [-0.25, -0.2) is 14.1 Å². The summed E-state index contributed by atoms with van der Waals surface area (Å²) in [5, 5.41) is 16.9. The van der Waals surface area contributed by atoms with Crippen molar-refractivity contribution in [1.29, 1.82) is 0 Å². The van der Waals surface area contributed by atoms with E-state index in [0.717, 1.165) is 5.70 Å². The fourth-order valence-electron chi connectivity index (χ4n) is 4.33. The first-order chi connectivity index (χ1) is 15.8. The highest BCUT2D eigenvalue weighted by atomic mass is 35.5. The number of aliphatic hydroxyl groups is 1. The third-order valence-corrected chi connectivity index (χ3v) is 6.99. The molecule has 11 heteroatoms. The maximum atomic E-state index is 13.8. The fourth-order valence-corrected chi connectivity index (χ4v) is 5.24. The van der Waals surface area contributed by atoms with Crippen LogP contribution in [0.3, 0.4) is 0 Å². The van der Waals surface area contributed by atoms with Crippen LogP contribution in [0.4, 0.5) is 13.2 Å². The summed E-state index contributed by atoms with van der Waals surface area (Å²) < 4.78 is 41.0. The number of rotatable bonds is 5. The van der Waals surface area contributed by atoms with E-state index in [1.54, 1.807) is 12.3 Å². The molecule has 1 N–H and O–H groups in total. The Kier molecular flexibility index (Phi) is 5.54. The minimum absolute atomic E-state index is 0.0706. The Morgan fingerprint density at radius 3 is 2.79 bits per heavy atom. The number of aliphatic hydroxyl groups excluding tert-OH is 1. The van der Waals surface area contributed by atoms with E-state index < -0.39 is 23.8 Å². The summed E-state index contributed by atoms with van der Waals surface area (Å²) in [5.41, 5.74) is 1.77. The molecule has 2 aromatic heterocycles. The largest absolute Gasteiger partial charge is 0.396 e. The van der Waals surface area contributed by atoms with Crippen molar-refractivity contribution in [1.82, 2.24) is 19.7 Å². The summed E-state index contributed by atoms with van der Waals surface area (Å²) in [6.07, 6.45) is 3.36. The van der Waals surface area contributed by atoms with Crippen molar-refractivity contribution in [3.8, 4) is 0 Å². The highest BCUT2D eigenvalue weighted by Gasteiger charge is 2.45. The molecule has 0 spiro atoms. The Labute approximate surface area is 196 Å². The zero-order valence-corrected chi connectivity index (χ0v) is 19.0. The van der Waals surface area contributed by atoms with Crippen LogP contribution in [0.25, 0.3) is 5.57 Å². The Morgan fingerprint density at radius 2 is 2.15 bits per heavy atom. The molecular formula is C22H19ClF3N5OS. The molecule has 0 unspecified atom stereocenters. The lowest BCUT2D eigenvalue weighted by Crippen LogP contribution is -2.35. The summed E-state index contributed by atoms with van der Waals surface area (Å²) >= 11 is 7.84. The monoisotopic (exact) mass is 493 g/mol. The standard InChI is InChI=1S/C22H19ClF3N5OS/c1-22(11-32)9-16-17(15-4-6-31(29-15)21(25)26)18(13-3-2-12(24)8-14(13)23)28-19(30(16)10-22)20-27-5-7-33-20/h2-8,18,21,32H,9-11H2,1H3/t18-,22+/m0/s1. The number of aliphatic imine (C=N–C) groups is 1. The zero-order valence-electron chi connectivity index (χ0n) is 17.4. The fraction of sp³-hybridized carbons (Fsp3) is 0.318. The van der Waals surface area contributed by atoms with E-state index >= 15 is 0 Å². The van der Waals surface area contributed by atoms with E-state index in [2.05, 4.69) is 10.1 Å². The second-order valence-corrected chi connectivity index (χ2v) is 9.71. The van der Waals surface area contributed by atoms with Gasteiger partial charge < -0.3 is 10.0 Å². The van der Waals surface area contributed by atoms with Crippen LogP contribution in [-0.2, 0) is 0 Å². The van der Waals surface area contributed by atoms with Gasteiger partial charge in [-0.3, -0.25) is 4.99 Å². The Hall–Kier alpha value is -2.69. The van der Waals surface area contributed by atoms with Gasteiger partial charge in [0.25, 0.3) is 0 Å². The van der Waals surface area contributed by atoms with E-state index in [1.807, 2.05) is 17.2 Å². The molecule has 0 amide bonds. The van der Waals surface area contributed by atoms with Crippen LogP contribution in [-0.4, -0.2) is 43.8 Å². The number of thiazole rings is 1. The molecule has 1 fully saturated rings. The van der Waals surface area contributed by atoms with Gasteiger partial charge in [-0.05, 0) is 24.6 Å². The molecule has 172 valence electrons. The number of hydrogen-bond donors (Lipinski definition) is 1. The lowest BCUT2D eigenvalue weighted by atomic mass is 9.87. The molecule has 2 aliphatic heterocycles. The van der Waals surface area contributed by atoms with Crippen LogP contribution >= 0.6 is 22.9 Å². The van der Waals surface area contributed by atoms with E-state index in [-0.39, 0.29) is 11.6 Å². The summed E-state index contributed by atoms with van der Waals surface area (Å²) in [4.78, 5) is 11.3. The molecule has 0 saturated carbocycles. The van der Waals surface area contributed by atoms with Gasteiger partial charge in [-0.1, -0.05) is 24.6 Å². The number of halogens is 4.